The second kappa shape index (κ2) is 40.0. The van der Waals surface area contributed by atoms with Crippen LogP contribution in [0, 0.1) is 11.8 Å². The molecular formula is C60H98O41S2. The molecule has 41 nitrogen and oxygen atoms in total. The molecule has 0 spiro atoms. The van der Waals surface area contributed by atoms with E-state index in [2.05, 4.69) is 0 Å². The Balaban J connectivity index is 1.08. The maximum Gasteiger partial charge on any atom is 0.307 e. The number of carboxylic acids is 2. The van der Waals surface area contributed by atoms with Gasteiger partial charge < -0.3 is 183 Å². The van der Waals surface area contributed by atoms with E-state index in [1.54, 1.807) is 6.92 Å². The van der Waals surface area contributed by atoms with Gasteiger partial charge in [0.2, 0.25) is 0 Å². The van der Waals surface area contributed by atoms with E-state index in [9.17, 15) is 126 Å². The van der Waals surface area contributed by atoms with Crippen molar-refractivity contribution in [3.05, 3.63) is 0 Å². The third-order valence-electron chi connectivity index (χ3n) is 18.8. The molecule has 21 aliphatic heterocycles. The van der Waals surface area contributed by atoms with Crippen molar-refractivity contribution in [2.75, 3.05) is 82.5 Å². The van der Waals surface area contributed by atoms with Crippen LogP contribution in [0.3, 0.4) is 0 Å². The molecule has 21 heterocycles. The van der Waals surface area contributed by atoms with Gasteiger partial charge in [0.15, 0.2) is 44.0 Å². The summed E-state index contributed by atoms with van der Waals surface area (Å²) in [6, 6.07) is 0. The summed E-state index contributed by atoms with van der Waals surface area (Å²) in [6.45, 7) is -2.28. The fourth-order valence-corrected chi connectivity index (χ4v) is 15.2. The Hall–Kier alpha value is -2.42. The third kappa shape index (κ3) is 21.0. The minimum absolute atomic E-state index is 0.0656. The molecule has 0 aromatic rings. The molecule has 596 valence electrons. The van der Waals surface area contributed by atoms with Crippen molar-refractivity contribution in [1.29, 1.82) is 0 Å². The predicted octanol–water partition coefficient (Wildman–Crippen LogP) is -11.6. The van der Waals surface area contributed by atoms with Crippen LogP contribution < -0.4 is 0 Å². The van der Waals surface area contributed by atoms with Crippen molar-refractivity contribution in [3.8, 4) is 0 Å². The molecule has 0 radical (unpaired) electrons. The number of aliphatic hydroxyl groups excluding tert-OH is 19. The first kappa shape index (κ1) is 86.2. The molecule has 0 amide bonds. The first-order valence-electron chi connectivity index (χ1n) is 33.5. The number of rotatable bonds is 27. The number of carbonyl (C=O) groups excluding carboxylic acids is 2. The highest BCUT2D eigenvalue weighted by atomic mass is 32.2. The normalized spacial score (nSPS) is 44.9. The fourth-order valence-electron chi connectivity index (χ4n) is 12.7. The van der Waals surface area contributed by atoms with E-state index in [1.165, 1.54) is 6.92 Å². The van der Waals surface area contributed by atoms with Crippen molar-refractivity contribution in [1.82, 2.24) is 0 Å². The molecule has 14 bridgehead atoms. The highest BCUT2D eigenvalue weighted by molar-refractivity contribution is 7.99. The van der Waals surface area contributed by atoms with Crippen molar-refractivity contribution >= 4 is 47.0 Å². The average Bonchev–Trinajstić information content (AvgIpc) is 0.785. The lowest BCUT2D eigenvalue weighted by Gasteiger charge is -2.50. The molecule has 21 rings (SSSR count). The summed E-state index contributed by atoms with van der Waals surface area (Å²) in [7, 11) is 0. The minimum Gasteiger partial charge on any atom is -0.481 e. The molecule has 0 aliphatic carbocycles. The number of ketones is 2. The summed E-state index contributed by atoms with van der Waals surface area (Å²) >= 11 is 1.73. The lowest BCUT2D eigenvalue weighted by molar-refractivity contribution is -0.395. The van der Waals surface area contributed by atoms with Crippen LogP contribution in [0.2, 0.25) is 0 Å². The number of carboxylic acid groups (broad SMARTS) is 2. The van der Waals surface area contributed by atoms with Crippen LogP contribution in [0.1, 0.15) is 39.5 Å². The quantitative estimate of drug-likeness (QED) is 0.0340. The van der Waals surface area contributed by atoms with Gasteiger partial charge in [-0.15, -0.1) is 0 Å². The first-order chi connectivity index (χ1) is 49.0. The van der Waals surface area contributed by atoms with Gasteiger partial charge in [0.25, 0.3) is 0 Å². The third-order valence-corrected chi connectivity index (χ3v) is 21.2. The first-order valence-corrected chi connectivity index (χ1v) is 35.8. The summed E-state index contributed by atoms with van der Waals surface area (Å²) in [5.41, 5.74) is 0. The van der Waals surface area contributed by atoms with Crippen LogP contribution in [0.5, 0.6) is 0 Å². The highest BCUT2D eigenvalue weighted by Crippen LogP contribution is 2.40. The molecule has 37 atom stereocenters. The molecule has 0 aromatic heterocycles. The predicted molar refractivity (Wildman–Crippen MR) is 333 cm³/mol. The van der Waals surface area contributed by atoms with Gasteiger partial charge in [0.1, 0.15) is 170 Å². The zero-order valence-electron chi connectivity index (χ0n) is 55.8. The van der Waals surface area contributed by atoms with Gasteiger partial charge in [-0.3, -0.25) is 19.2 Å². The van der Waals surface area contributed by atoms with Gasteiger partial charge in [-0.05, 0) is 13.3 Å². The average molecular weight is 1540 g/mol. The van der Waals surface area contributed by atoms with E-state index < -0.39 is 290 Å². The fraction of sp³-hybridized carbons (Fsp3) is 0.933. The minimum atomic E-state index is -2.31. The molecule has 16 unspecified atom stereocenters. The van der Waals surface area contributed by atoms with Crippen LogP contribution in [0.25, 0.3) is 0 Å². The summed E-state index contributed by atoms with van der Waals surface area (Å²) in [4.78, 5) is 48.8. The molecule has 103 heavy (non-hydrogen) atoms. The van der Waals surface area contributed by atoms with E-state index in [0.717, 1.165) is 23.5 Å². The smallest absolute Gasteiger partial charge is 0.307 e. The number of hydrogen-bond acceptors (Lipinski definition) is 41. The monoisotopic (exact) mass is 1540 g/mol. The number of thioether (sulfide) groups is 2. The Labute approximate surface area is 596 Å². The lowest BCUT2D eigenvalue weighted by atomic mass is 9.95. The van der Waals surface area contributed by atoms with Crippen LogP contribution in [0.4, 0.5) is 0 Å². The summed E-state index contributed by atoms with van der Waals surface area (Å²) in [6.07, 6.45) is -72.7. The van der Waals surface area contributed by atoms with E-state index in [4.69, 9.17) is 75.8 Å². The van der Waals surface area contributed by atoms with Crippen molar-refractivity contribution in [2.45, 2.75) is 254 Å². The molecule has 21 aliphatic rings. The Morgan fingerprint density at radius 3 is 0.796 bits per heavy atom. The molecule has 21 saturated heterocycles. The van der Waals surface area contributed by atoms with Gasteiger partial charge in [-0.25, -0.2) is 0 Å². The van der Waals surface area contributed by atoms with Crippen LogP contribution in [0.15, 0.2) is 0 Å². The van der Waals surface area contributed by atoms with Crippen LogP contribution in [-0.4, -0.2) is 428 Å². The highest BCUT2D eigenvalue weighted by Gasteiger charge is 2.60. The number of ether oxygens (including phenoxy) is 16. The number of aliphatic carboxylic acids is 2. The number of hydrogen-bond donors (Lipinski definition) is 21. The molecule has 21 fully saturated rings. The van der Waals surface area contributed by atoms with Gasteiger partial charge in [-0.2, -0.15) is 23.5 Å². The number of carbonyl (C=O) groups is 4. The topological polar surface area (TPSA) is 641 Å². The Bertz CT molecular complexity index is 2610. The molecular weight excluding hydrogens is 1440 g/mol. The van der Waals surface area contributed by atoms with Crippen molar-refractivity contribution in [3.63, 3.8) is 0 Å². The Kier molecular flexibility index (Phi) is 33.5. The summed E-state index contributed by atoms with van der Waals surface area (Å²) < 4.78 is 93.4. The molecule has 43 heteroatoms. The van der Waals surface area contributed by atoms with Gasteiger partial charge in [0, 0.05) is 42.3 Å². The Morgan fingerprint density at radius 2 is 0.563 bits per heavy atom. The van der Waals surface area contributed by atoms with Crippen LogP contribution in [-0.2, 0) is 95.0 Å². The standard InChI is InChI=1S/C60H98O41S2/c1-3-21(52(82)83)16-102-18-29-50-36(73)43(80)59(93-29)98-48-27(14-64)89-55(39(76)32(48)69)95-45-24(11-61)88-54(38(75)31(45)68)96-46-26(13-63)92-58(42(79)35(46)72)101-51-30(19-103-17-22(53(84)85)10-23(67)5-7-87-9-8-86-6-4-20(2)66)94-60(44(81)37(51)74)99-49-28(15-65)90-56(40(77)33(49)70)97-47-25(12-62)91-57(100-50)41(78)34(47)71/h21-22,24-51,54-65,68-81H,3-19H2,1-2H3,(H,82,83)(H,84,85)/t21?,22?,24?,25?,26?,27?,28?,29?,30?,31-,32-,33-,34-,35-,36-,37-,38?,39?,40?,41?,42?,43?,44?,45-,46-,47-,48-,49-,50-,51-,54-,55-,56-,57-,58-,59-,60-/m1/s1. The summed E-state index contributed by atoms with van der Waals surface area (Å²) in [5, 5.41) is 237. The summed E-state index contributed by atoms with van der Waals surface area (Å²) in [5.74, 6) is -6.75. The van der Waals surface area contributed by atoms with Crippen molar-refractivity contribution < 1.29 is 202 Å². The van der Waals surface area contributed by atoms with Gasteiger partial charge in [-0.1, -0.05) is 6.92 Å². The lowest BCUT2D eigenvalue weighted by Crippen LogP contribution is -2.68. The van der Waals surface area contributed by atoms with Gasteiger partial charge in [0.05, 0.1) is 83.5 Å². The second-order valence-corrected chi connectivity index (χ2v) is 28.2. The van der Waals surface area contributed by atoms with Crippen LogP contribution >= 0.6 is 23.5 Å². The van der Waals surface area contributed by atoms with E-state index >= 15 is 0 Å². The SMILES string of the molecule is CCC(CSCC1O[C@@H]2O[C@@H]3C(CO)O[C@H](O[C@@H]4C(CO)O[C@H](O[C@@H]5C(CO)O[C@H](O[C@@H]6C(CSCC(CC(=O)CCOCCOCCC(C)=O)C(=O)O)O[C@H](O[C@@H]7C(CO)O[C@H](O[C@@H]8C(CO)O[C@H](O[C@H]1[C@H](O)C2O)C(O)[C@H]8O)C(O)[C@H]7O)C(O)[C@H]6O)C(O)[C@H]5O)C(O)[C@H]4O)C(O)[C@H]3O)C(=O)O. The van der Waals surface area contributed by atoms with E-state index in [0.29, 0.717) is 0 Å². The maximum atomic E-state index is 13.0. The molecule has 21 N–H and O–H groups in total. The molecule has 0 aromatic carbocycles. The largest absolute Gasteiger partial charge is 0.481 e. The zero-order valence-corrected chi connectivity index (χ0v) is 57.4. The zero-order chi connectivity index (χ0) is 75.4. The van der Waals surface area contributed by atoms with Crippen molar-refractivity contribution in [2.24, 2.45) is 11.8 Å². The van der Waals surface area contributed by atoms with Gasteiger partial charge >= 0.3 is 11.9 Å². The number of Topliss-reactive ketones (excluding diaryl/α,β-unsaturated/α-hetero) is 2. The molecule has 0 saturated carbocycles. The van der Waals surface area contributed by atoms with E-state index in [-0.39, 0.29) is 68.7 Å². The van der Waals surface area contributed by atoms with E-state index in [1.807, 2.05) is 0 Å². The number of aliphatic hydroxyl groups is 19. The second-order valence-electron chi connectivity index (χ2n) is 26.0. The Morgan fingerprint density at radius 1 is 0.330 bits per heavy atom. The maximum absolute atomic E-state index is 13.0.